The molecule has 0 aromatic heterocycles. The van der Waals surface area contributed by atoms with Crippen molar-refractivity contribution in [1.29, 1.82) is 0 Å². The molecule has 0 bridgehead atoms. The lowest BCUT2D eigenvalue weighted by Crippen LogP contribution is -2.46. The third kappa shape index (κ3) is 36.3. The molecule has 0 aliphatic heterocycles. The zero-order chi connectivity index (χ0) is 39.6. The van der Waals surface area contributed by atoms with E-state index < -0.39 is 18.2 Å². The molecule has 3 N–H and O–H groups in total. The average molecular weight is 754 g/mol. The van der Waals surface area contributed by atoms with E-state index in [0.717, 1.165) is 77.0 Å². The Balaban J connectivity index is 4.83. The molecule has 3 unspecified atom stereocenters. The van der Waals surface area contributed by atoms with Crippen LogP contribution in [0.3, 0.4) is 0 Å². The third-order valence-electron chi connectivity index (χ3n) is 9.51. The minimum absolute atomic E-state index is 0.0519. The van der Waals surface area contributed by atoms with Crippen LogP contribution in [-0.4, -0.2) is 46.9 Å². The number of allylic oxidation sites excluding steroid dienone is 11. The first-order valence-electron chi connectivity index (χ1n) is 22.2. The predicted molar refractivity (Wildman–Crippen MR) is 231 cm³/mol. The second-order valence-electron chi connectivity index (χ2n) is 14.7. The Morgan fingerprint density at radius 3 is 1.59 bits per heavy atom. The molecular formula is C48H83NO5. The van der Waals surface area contributed by atoms with Crippen LogP contribution in [-0.2, 0) is 14.3 Å². The maximum atomic E-state index is 13.1. The van der Waals surface area contributed by atoms with Gasteiger partial charge in [0.25, 0.3) is 0 Å². The quantitative estimate of drug-likeness (QED) is 0.0331. The SMILES string of the molecule is CC/C=C/C/C=C/C/C=C/C/C=C/C/C=C/C(CC(=O)NC(CO)C(O)CCCCCCCCCCC)OC(=O)CCCCCCC/C=C\CCCCC. The van der Waals surface area contributed by atoms with E-state index in [0.29, 0.717) is 19.3 Å². The van der Waals surface area contributed by atoms with Crippen molar-refractivity contribution < 1.29 is 24.5 Å². The first kappa shape index (κ1) is 51.3. The lowest BCUT2D eigenvalue weighted by molar-refractivity contribution is -0.148. The molecule has 0 rings (SSSR count). The van der Waals surface area contributed by atoms with Gasteiger partial charge >= 0.3 is 5.97 Å². The maximum absolute atomic E-state index is 13.1. The summed E-state index contributed by atoms with van der Waals surface area (Å²) >= 11 is 0. The van der Waals surface area contributed by atoms with E-state index in [-0.39, 0.29) is 24.9 Å². The van der Waals surface area contributed by atoms with Crippen molar-refractivity contribution in [2.75, 3.05) is 6.61 Å². The van der Waals surface area contributed by atoms with E-state index in [1.165, 1.54) is 70.6 Å². The number of amides is 1. The Bertz CT molecular complexity index is 1030. The van der Waals surface area contributed by atoms with Crippen LogP contribution in [0, 0.1) is 0 Å². The number of hydrogen-bond donors (Lipinski definition) is 3. The fourth-order valence-electron chi connectivity index (χ4n) is 6.15. The summed E-state index contributed by atoms with van der Waals surface area (Å²) < 4.78 is 5.78. The largest absolute Gasteiger partial charge is 0.458 e. The molecule has 54 heavy (non-hydrogen) atoms. The monoisotopic (exact) mass is 754 g/mol. The molecule has 0 radical (unpaired) electrons. The van der Waals surface area contributed by atoms with E-state index in [2.05, 4.69) is 86.8 Å². The number of ether oxygens (including phenoxy) is 1. The number of esters is 1. The van der Waals surface area contributed by atoms with Crippen molar-refractivity contribution >= 4 is 11.9 Å². The Morgan fingerprint density at radius 1 is 0.574 bits per heavy atom. The molecule has 0 heterocycles. The van der Waals surface area contributed by atoms with Crippen molar-refractivity contribution in [3.63, 3.8) is 0 Å². The van der Waals surface area contributed by atoms with Crippen molar-refractivity contribution in [3.8, 4) is 0 Å². The maximum Gasteiger partial charge on any atom is 0.306 e. The molecule has 3 atom stereocenters. The summed E-state index contributed by atoms with van der Waals surface area (Å²) in [4.78, 5) is 25.9. The molecule has 0 aliphatic carbocycles. The van der Waals surface area contributed by atoms with Crippen LogP contribution < -0.4 is 5.32 Å². The van der Waals surface area contributed by atoms with Gasteiger partial charge in [0.05, 0.1) is 25.2 Å². The molecule has 6 heteroatoms. The van der Waals surface area contributed by atoms with Gasteiger partial charge in [-0.05, 0) is 76.7 Å². The third-order valence-corrected chi connectivity index (χ3v) is 9.51. The van der Waals surface area contributed by atoms with Gasteiger partial charge < -0.3 is 20.3 Å². The highest BCUT2D eigenvalue weighted by atomic mass is 16.5. The van der Waals surface area contributed by atoms with Crippen molar-refractivity contribution in [1.82, 2.24) is 5.32 Å². The smallest absolute Gasteiger partial charge is 0.306 e. The van der Waals surface area contributed by atoms with Gasteiger partial charge in [-0.15, -0.1) is 0 Å². The van der Waals surface area contributed by atoms with Crippen LogP contribution in [0.15, 0.2) is 72.9 Å². The number of nitrogens with one attached hydrogen (secondary N) is 1. The minimum atomic E-state index is -0.819. The Morgan fingerprint density at radius 2 is 1.04 bits per heavy atom. The second kappa shape index (κ2) is 41.5. The molecule has 6 nitrogen and oxygen atoms in total. The number of aliphatic hydroxyl groups excluding tert-OH is 2. The van der Waals surface area contributed by atoms with Crippen LogP contribution in [0.25, 0.3) is 0 Å². The summed E-state index contributed by atoms with van der Waals surface area (Å²) in [6.07, 6.45) is 51.3. The van der Waals surface area contributed by atoms with E-state index >= 15 is 0 Å². The predicted octanol–water partition coefficient (Wildman–Crippen LogP) is 12.7. The van der Waals surface area contributed by atoms with Crippen LogP contribution in [0.1, 0.15) is 194 Å². The van der Waals surface area contributed by atoms with E-state index in [9.17, 15) is 19.8 Å². The minimum Gasteiger partial charge on any atom is -0.458 e. The zero-order valence-corrected chi connectivity index (χ0v) is 35.1. The molecule has 0 aromatic rings. The Kier molecular flexibility index (Phi) is 39.4. The van der Waals surface area contributed by atoms with Gasteiger partial charge in [0.1, 0.15) is 6.10 Å². The molecular weight excluding hydrogens is 671 g/mol. The first-order valence-corrected chi connectivity index (χ1v) is 22.2. The van der Waals surface area contributed by atoms with Crippen molar-refractivity contribution in [2.24, 2.45) is 0 Å². The number of aliphatic hydroxyl groups is 2. The standard InChI is InChI=1S/C48H83NO5/c1-4-7-10-13-16-19-21-23-24-25-28-30-33-36-39-44(54-48(53)41-38-35-32-29-26-22-20-17-14-11-8-5-2)42-47(52)49-45(43-50)46(51)40-37-34-31-27-18-15-12-9-6-3/h7,10,16-17,19-20,23-24,28,30,36,39,44-46,50-51H,4-6,8-9,11-15,18,21-22,25-27,29,31-35,37-38,40-43H2,1-3H3,(H,49,52)/b10-7+,19-16+,20-17-,24-23+,30-28+,39-36+. The fourth-order valence-corrected chi connectivity index (χ4v) is 6.15. The van der Waals surface area contributed by atoms with Crippen molar-refractivity contribution in [2.45, 2.75) is 212 Å². The average Bonchev–Trinajstić information content (AvgIpc) is 3.16. The van der Waals surface area contributed by atoms with E-state index in [1.807, 2.05) is 6.08 Å². The fraction of sp³-hybridized carbons (Fsp3) is 0.708. The molecule has 0 fully saturated rings. The molecule has 0 saturated carbocycles. The van der Waals surface area contributed by atoms with Gasteiger partial charge in [-0.3, -0.25) is 9.59 Å². The highest BCUT2D eigenvalue weighted by molar-refractivity contribution is 5.78. The molecule has 0 aromatic carbocycles. The molecule has 310 valence electrons. The van der Waals surface area contributed by atoms with Crippen LogP contribution in [0.2, 0.25) is 0 Å². The number of rotatable bonds is 38. The highest BCUT2D eigenvalue weighted by Gasteiger charge is 2.23. The number of unbranched alkanes of at least 4 members (excludes halogenated alkanes) is 16. The van der Waals surface area contributed by atoms with Gasteiger partial charge in [0, 0.05) is 6.42 Å². The Labute approximate surface area is 332 Å². The van der Waals surface area contributed by atoms with Crippen LogP contribution in [0.4, 0.5) is 0 Å². The summed E-state index contributed by atoms with van der Waals surface area (Å²) in [5.74, 6) is -0.647. The summed E-state index contributed by atoms with van der Waals surface area (Å²) in [6.45, 7) is 6.26. The lowest BCUT2D eigenvalue weighted by atomic mass is 10.0. The van der Waals surface area contributed by atoms with Gasteiger partial charge in [0.15, 0.2) is 0 Å². The van der Waals surface area contributed by atoms with Gasteiger partial charge in [0.2, 0.25) is 5.91 Å². The van der Waals surface area contributed by atoms with Crippen LogP contribution in [0.5, 0.6) is 0 Å². The molecule has 0 spiro atoms. The first-order chi connectivity index (χ1) is 26.5. The lowest BCUT2D eigenvalue weighted by Gasteiger charge is -2.23. The number of hydrogen-bond acceptors (Lipinski definition) is 5. The highest BCUT2D eigenvalue weighted by Crippen LogP contribution is 2.14. The van der Waals surface area contributed by atoms with E-state index in [1.54, 1.807) is 6.08 Å². The zero-order valence-electron chi connectivity index (χ0n) is 35.1. The Hall–Kier alpha value is -2.70. The summed E-state index contributed by atoms with van der Waals surface area (Å²) in [7, 11) is 0. The van der Waals surface area contributed by atoms with Gasteiger partial charge in [-0.25, -0.2) is 0 Å². The number of carbonyl (C=O) groups excluding carboxylic acids is 2. The second-order valence-corrected chi connectivity index (χ2v) is 14.7. The summed E-state index contributed by atoms with van der Waals surface area (Å²) in [6, 6.07) is -0.743. The van der Waals surface area contributed by atoms with Gasteiger partial charge in [-0.1, -0.05) is 177 Å². The number of carbonyl (C=O) groups is 2. The molecule has 0 saturated heterocycles. The topological polar surface area (TPSA) is 95.9 Å². The normalized spacial score (nSPS) is 14.1. The van der Waals surface area contributed by atoms with Crippen molar-refractivity contribution in [3.05, 3.63) is 72.9 Å². The van der Waals surface area contributed by atoms with E-state index in [4.69, 9.17) is 4.74 Å². The molecule has 0 aliphatic rings. The van der Waals surface area contributed by atoms with Gasteiger partial charge in [-0.2, -0.15) is 0 Å². The summed E-state index contributed by atoms with van der Waals surface area (Å²) in [5, 5.41) is 23.5. The molecule has 1 amide bonds. The van der Waals surface area contributed by atoms with Crippen LogP contribution >= 0.6 is 0 Å². The summed E-state index contributed by atoms with van der Waals surface area (Å²) in [5.41, 5.74) is 0.